The maximum Gasteiger partial charge on any atom is 0.249 e. The summed E-state index contributed by atoms with van der Waals surface area (Å²) in [7, 11) is 1.76. The molecule has 0 unspecified atom stereocenters. The lowest BCUT2D eigenvalue weighted by atomic mass is 9.90. The second kappa shape index (κ2) is 9.04. The second-order valence-corrected chi connectivity index (χ2v) is 7.26. The zero-order valence-electron chi connectivity index (χ0n) is 15.7. The molecule has 1 fully saturated rings. The minimum atomic E-state index is -0.296. The number of hydrogen-bond donors (Lipinski definition) is 1. The molecule has 0 spiro atoms. The van der Waals surface area contributed by atoms with E-state index < -0.39 is 0 Å². The van der Waals surface area contributed by atoms with Gasteiger partial charge >= 0.3 is 0 Å². The summed E-state index contributed by atoms with van der Waals surface area (Å²) in [6.07, 6.45) is 11.0. The molecular formula is C20H25ClN4O2. The number of halogens is 1. The molecule has 2 aromatic heterocycles. The summed E-state index contributed by atoms with van der Waals surface area (Å²) in [5, 5.41) is 7.50. The van der Waals surface area contributed by atoms with E-state index in [0.717, 1.165) is 11.3 Å². The van der Waals surface area contributed by atoms with E-state index in [0.29, 0.717) is 29.2 Å². The molecule has 0 aromatic carbocycles. The van der Waals surface area contributed by atoms with Crippen molar-refractivity contribution < 1.29 is 9.53 Å². The Hall–Kier alpha value is -2.34. The normalized spacial score (nSPS) is 15.2. The van der Waals surface area contributed by atoms with E-state index in [-0.39, 0.29) is 5.91 Å². The zero-order valence-corrected chi connectivity index (χ0v) is 16.5. The minimum Gasteiger partial charge on any atom is -0.489 e. The van der Waals surface area contributed by atoms with Gasteiger partial charge < -0.3 is 10.1 Å². The van der Waals surface area contributed by atoms with Crippen LogP contribution in [0.25, 0.3) is 6.08 Å². The quantitative estimate of drug-likeness (QED) is 0.745. The van der Waals surface area contributed by atoms with Crippen LogP contribution < -0.4 is 10.1 Å². The molecule has 27 heavy (non-hydrogen) atoms. The third-order valence-electron chi connectivity index (χ3n) is 4.81. The van der Waals surface area contributed by atoms with E-state index in [1.54, 1.807) is 30.1 Å². The molecule has 1 saturated carbocycles. The average molecular weight is 389 g/mol. The predicted octanol–water partition coefficient (Wildman–Crippen LogP) is 4.39. The number of carbonyl (C=O) groups is 1. The highest BCUT2D eigenvalue weighted by Gasteiger charge is 2.16. The number of aromatic nitrogens is 3. The van der Waals surface area contributed by atoms with Gasteiger partial charge in [-0.15, -0.1) is 0 Å². The summed E-state index contributed by atoms with van der Waals surface area (Å²) in [5.41, 5.74) is 1.49. The first-order valence-electron chi connectivity index (χ1n) is 9.30. The molecule has 7 heteroatoms. The van der Waals surface area contributed by atoms with Gasteiger partial charge in [-0.1, -0.05) is 30.9 Å². The van der Waals surface area contributed by atoms with E-state index in [1.807, 2.05) is 13.0 Å². The van der Waals surface area contributed by atoms with Crippen LogP contribution in [0.2, 0.25) is 5.15 Å². The summed E-state index contributed by atoms with van der Waals surface area (Å²) in [6, 6.07) is 3.64. The Labute approximate surface area is 164 Å². The maximum absolute atomic E-state index is 12.3. The van der Waals surface area contributed by atoms with Gasteiger partial charge in [0.2, 0.25) is 5.91 Å². The summed E-state index contributed by atoms with van der Waals surface area (Å²) in [6.45, 7) is 2.51. The minimum absolute atomic E-state index is 0.296. The number of nitrogens with zero attached hydrogens (tertiary/aromatic N) is 3. The van der Waals surface area contributed by atoms with E-state index in [1.165, 1.54) is 38.2 Å². The lowest BCUT2D eigenvalue weighted by molar-refractivity contribution is -0.111. The van der Waals surface area contributed by atoms with Crippen LogP contribution >= 0.6 is 11.6 Å². The van der Waals surface area contributed by atoms with Crippen molar-refractivity contribution in [1.29, 1.82) is 0 Å². The summed E-state index contributed by atoms with van der Waals surface area (Å²) >= 11 is 6.18. The fourth-order valence-electron chi connectivity index (χ4n) is 3.32. The van der Waals surface area contributed by atoms with Gasteiger partial charge in [-0.3, -0.25) is 9.48 Å². The molecule has 2 heterocycles. The Morgan fingerprint density at radius 1 is 1.41 bits per heavy atom. The third-order valence-corrected chi connectivity index (χ3v) is 5.26. The lowest BCUT2D eigenvalue weighted by Crippen LogP contribution is -2.17. The number of nitrogens with one attached hydrogen (secondary N) is 1. The van der Waals surface area contributed by atoms with Gasteiger partial charge in [0, 0.05) is 24.9 Å². The number of hydrogen-bond acceptors (Lipinski definition) is 4. The molecule has 1 aliphatic rings. The van der Waals surface area contributed by atoms with Crippen molar-refractivity contribution in [3.8, 4) is 5.75 Å². The van der Waals surface area contributed by atoms with Crippen LogP contribution in [0.3, 0.4) is 0 Å². The highest BCUT2D eigenvalue weighted by molar-refractivity contribution is 6.31. The molecule has 0 bridgehead atoms. The van der Waals surface area contributed by atoms with Crippen molar-refractivity contribution in [2.24, 2.45) is 13.0 Å². The number of anilines is 1. The van der Waals surface area contributed by atoms with Crippen molar-refractivity contribution in [2.75, 3.05) is 11.9 Å². The van der Waals surface area contributed by atoms with Crippen LogP contribution in [0.15, 0.2) is 24.4 Å². The Balaban J connectivity index is 1.62. The molecule has 0 saturated heterocycles. The summed E-state index contributed by atoms with van der Waals surface area (Å²) in [5.74, 6) is 1.31. The van der Waals surface area contributed by atoms with Crippen LogP contribution in [0, 0.1) is 12.8 Å². The van der Waals surface area contributed by atoms with Crippen LogP contribution in [0.4, 0.5) is 5.82 Å². The molecule has 0 atom stereocenters. The van der Waals surface area contributed by atoms with Crippen LogP contribution in [-0.4, -0.2) is 27.3 Å². The van der Waals surface area contributed by atoms with Crippen LogP contribution in [-0.2, 0) is 11.8 Å². The maximum atomic E-state index is 12.3. The first-order chi connectivity index (χ1) is 13.0. The number of pyridine rings is 1. The van der Waals surface area contributed by atoms with E-state index in [2.05, 4.69) is 15.4 Å². The van der Waals surface area contributed by atoms with Crippen molar-refractivity contribution in [1.82, 2.24) is 14.8 Å². The summed E-state index contributed by atoms with van der Waals surface area (Å²) in [4.78, 5) is 16.6. The molecule has 2 aromatic rings. The molecule has 1 aliphatic carbocycles. The molecule has 3 rings (SSSR count). The molecule has 1 amide bonds. The van der Waals surface area contributed by atoms with Crippen LogP contribution in [0.1, 0.15) is 43.4 Å². The highest BCUT2D eigenvalue weighted by atomic mass is 35.5. The molecule has 1 N–H and O–H groups in total. The van der Waals surface area contributed by atoms with Crippen LogP contribution in [0.5, 0.6) is 5.75 Å². The highest BCUT2D eigenvalue weighted by Crippen LogP contribution is 2.27. The molecule has 0 radical (unpaired) electrons. The van der Waals surface area contributed by atoms with E-state index in [4.69, 9.17) is 16.3 Å². The molecular weight excluding hydrogens is 364 g/mol. The lowest BCUT2D eigenvalue weighted by Gasteiger charge is -2.22. The van der Waals surface area contributed by atoms with E-state index >= 15 is 0 Å². The monoisotopic (exact) mass is 388 g/mol. The molecule has 144 valence electrons. The Morgan fingerprint density at radius 2 is 2.19 bits per heavy atom. The Kier molecular flexibility index (Phi) is 6.50. The zero-order chi connectivity index (χ0) is 19.2. The van der Waals surface area contributed by atoms with Crippen molar-refractivity contribution in [3.05, 3.63) is 40.8 Å². The second-order valence-electron chi connectivity index (χ2n) is 6.90. The number of aryl methyl sites for hydroxylation is 2. The number of ether oxygens (including phenoxy) is 1. The topological polar surface area (TPSA) is 69.0 Å². The first kappa shape index (κ1) is 19.4. The van der Waals surface area contributed by atoms with Gasteiger partial charge in [0.1, 0.15) is 5.15 Å². The fraction of sp³-hybridized carbons (Fsp3) is 0.450. The standard InChI is InChI=1S/C20H25ClN4O2/c1-14-16(19(21)25(2)24-14)10-11-18(26)23-20-17(9-6-12-22-20)27-13-15-7-4-3-5-8-15/h6,9-12,15H,3-5,7-8,13H2,1-2H3,(H,22,23,26)/b11-10+. The van der Waals surface area contributed by atoms with Gasteiger partial charge in [0.15, 0.2) is 11.6 Å². The van der Waals surface area contributed by atoms with Crippen molar-refractivity contribution in [3.63, 3.8) is 0 Å². The molecule has 0 aliphatic heterocycles. The molecule has 6 nitrogen and oxygen atoms in total. The third kappa shape index (κ3) is 5.10. The van der Waals surface area contributed by atoms with Gasteiger partial charge in [-0.05, 0) is 43.9 Å². The van der Waals surface area contributed by atoms with Crippen molar-refractivity contribution >= 4 is 29.4 Å². The van der Waals surface area contributed by atoms with Gasteiger partial charge in [0.25, 0.3) is 0 Å². The number of rotatable bonds is 6. The van der Waals surface area contributed by atoms with Gasteiger partial charge in [-0.25, -0.2) is 4.98 Å². The Morgan fingerprint density at radius 3 is 2.89 bits per heavy atom. The van der Waals surface area contributed by atoms with E-state index in [9.17, 15) is 4.79 Å². The largest absolute Gasteiger partial charge is 0.489 e. The number of amides is 1. The smallest absolute Gasteiger partial charge is 0.249 e. The first-order valence-corrected chi connectivity index (χ1v) is 9.68. The Bertz CT molecular complexity index is 825. The van der Waals surface area contributed by atoms with Gasteiger partial charge in [0.05, 0.1) is 12.3 Å². The fourth-order valence-corrected chi connectivity index (χ4v) is 3.55. The number of carbonyl (C=O) groups excluding carboxylic acids is 1. The van der Waals surface area contributed by atoms with Crippen molar-refractivity contribution in [2.45, 2.75) is 39.0 Å². The average Bonchev–Trinajstić information content (AvgIpc) is 2.92. The predicted molar refractivity (Wildman–Crippen MR) is 107 cm³/mol. The van der Waals surface area contributed by atoms with Gasteiger partial charge in [-0.2, -0.15) is 5.10 Å². The SMILES string of the molecule is Cc1nn(C)c(Cl)c1/C=C/C(=O)Nc1ncccc1OCC1CCCCC1. The summed E-state index contributed by atoms with van der Waals surface area (Å²) < 4.78 is 7.52.